The van der Waals surface area contributed by atoms with E-state index in [9.17, 15) is 19.7 Å². The van der Waals surface area contributed by atoms with Crippen molar-refractivity contribution in [3.8, 4) is 0 Å². The summed E-state index contributed by atoms with van der Waals surface area (Å²) in [6.07, 6.45) is 3.56. The molecule has 1 unspecified atom stereocenters. The zero-order chi connectivity index (χ0) is 20.9. The molecule has 0 radical (unpaired) electrons. The molecule has 0 heterocycles. The van der Waals surface area contributed by atoms with E-state index in [1.54, 1.807) is 19.1 Å². The van der Waals surface area contributed by atoms with Crippen LogP contribution in [0.25, 0.3) is 5.57 Å². The summed E-state index contributed by atoms with van der Waals surface area (Å²) in [5, 5.41) is 10.6. The standard InChI is InChI=1S/C21H23NO6/c1-5-28-19(23)13-21(27-4)11-10-17-12-16(8-9-18(17)20(21)24)14(2)6-7-15(3)22(25)26/h6-9,12H,2-3,5,10-11,13H2,1,4H3/b7-6-. The summed E-state index contributed by atoms with van der Waals surface area (Å²) in [4.78, 5) is 35.0. The second-order valence-electron chi connectivity index (χ2n) is 6.49. The Balaban J connectivity index is 2.26. The van der Waals surface area contributed by atoms with Crippen LogP contribution < -0.4 is 0 Å². The predicted octanol–water partition coefficient (Wildman–Crippen LogP) is 3.51. The number of methoxy groups -OCH3 is 1. The molecular weight excluding hydrogens is 362 g/mol. The van der Waals surface area contributed by atoms with Crippen molar-refractivity contribution in [3.05, 3.63) is 76.0 Å². The van der Waals surface area contributed by atoms with E-state index < -0.39 is 16.5 Å². The van der Waals surface area contributed by atoms with Crippen LogP contribution in [0.3, 0.4) is 0 Å². The predicted molar refractivity (Wildman–Crippen MR) is 104 cm³/mol. The molecule has 1 aromatic carbocycles. The number of hydrogen-bond acceptors (Lipinski definition) is 6. The maximum absolute atomic E-state index is 13.0. The number of fused-ring (bicyclic) bond motifs is 1. The smallest absolute Gasteiger partial charge is 0.309 e. The highest BCUT2D eigenvalue weighted by atomic mass is 16.6. The largest absolute Gasteiger partial charge is 0.466 e. The van der Waals surface area contributed by atoms with Crippen molar-refractivity contribution in [1.82, 2.24) is 0 Å². The zero-order valence-corrected chi connectivity index (χ0v) is 16.0. The van der Waals surface area contributed by atoms with E-state index in [0.29, 0.717) is 24.0 Å². The molecule has 0 amide bonds. The van der Waals surface area contributed by atoms with Crippen molar-refractivity contribution < 1.29 is 24.0 Å². The molecule has 0 saturated carbocycles. The van der Waals surface area contributed by atoms with E-state index in [1.165, 1.54) is 19.3 Å². The molecule has 1 atom stereocenters. The number of ketones is 1. The number of aryl methyl sites for hydroxylation is 1. The van der Waals surface area contributed by atoms with Gasteiger partial charge in [0.05, 0.1) is 18.0 Å². The molecule has 0 fully saturated rings. The highest BCUT2D eigenvalue weighted by Gasteiger charge is 2.45. The average molecular weight is 385 g/mol. The van der Waals surface area contributed by atoms with Gasteiger partial charge in [-0.3, -0.25) is 19.7 Å². The SMILES string of the molecule is C=C(/C=C\C(=C)[N+](=O)[O-])c1ccc2c(c1)CCC(CC(=O)OCC)(OC)C2=O. The van der Waals surface area contributed by atoms with Crippen LogP contribution in [0.5, 0.6) is 0 Å². The van der Waals surface area contributed by atoms with Crippen molar-refractivity contribution in [2.75, 3.05) is 13.7 Å². The van der Waals surface area contributed by atoms with Crippen LogP contribution in [0.4, 0.5) is 0 Å². The average Bonchev–Trinajstić information content (AvgIpc) is 2.67. The lowest BCUT2D eigenvalue weighted by Gasteiger charge is -2.34. The third kappa shape index (κ3) is 4.43. The lowest BCUT2D eigenvalue weighted by atomic mass is 9.76. The fourth-order valence-corrected chi connectivity index (χ4v) is 3.15. The number of rotatable bonds is 8. The van der Waals surface area contributed by atoms with Crippen molar-refractivity contribution in [3.63, 3.8) is 0 Å². The summed E-state index contributed by atoms with van der Waals surface area (Å²) in [6.45, 7) is 9.20. The zero-order valence-electron chi connectivity index (χ0n) is 16.0. The van der Waals surface area contributed by atoms with Crippen molar-refractivity contribution >= 4 is 17.3 Å². The number of carbonyl (C=O) groups excluding carboxylic acids is 2. The Bertz CT molecular complexity index is 870. The molecule has 0 aliphatic heterocycles. The highest BCUT2D eigenvalue weighted by molar-refractivity contribution is 6.06. The molecule has 7 heteroatoms. The first kappa shape index (κ1) is 21.2. The monoisotopic (exact) mass is 385 g/mol. The van der Waals surface area contributed by atoms with Crippen LogP contribution in [-0.2, 0) is 20.7 Å². The van der Waals surface area contributed by atoms with Gasteiger partial charge in [-0.25, -0.2) is 0 Å². The lowest BCUT2D eigenvalue weighted by Crippen LogP contribution is -2.46. The minimum Gasteiger partial charge on any atom is -0.466 e. The Kier molecular flexibility index (Phi) is 6.64. The minimum atomic E-state index is -1.22. The molecule has 148 valence electrons. The maximum atomic E-state index is 13.0. The third-order valence-electron chi connectivity index (χ3n) is 4.77. The van der Waals surface area contributed by atoms with Crippen molar-refractivity contribution in [1.29, 1.82) is 0 Å². The maximum Gasteiger partial charge on any atom is 0.309 e. The fourth-order valence-electron chi connectivity index (χ4n) is 3.15. The normalized spacial score (nSPS) is 18.6. The van der Waals surface area contributed by atoms with Gasteiger partial charge < -0.3 is 9.47 Å². The Hall–Kier alpha value is -3.06. The molecule has 1 aromatic rings. The Labute approximate surface area is 163 Å². The topological polar surface area (TPSA) is 95.7 Å². The van der Waals surface area contributed by atoms with Gasteiger partial charge in [-0.15, -0.1) is 0 Å². The van der Waals surface area contributed by atoms with Crippen LogP contribution in [0.1, 0.15) is 41.3 Å². The summed E-state index contributed by atoms with van der Waals surface area (Å²) < 4.78 is 10.5. The van der Waals surface area contributed by atoms with Gasteiger partial charge in [-0.2, -0.15) is 0 Å². The molecule has 1 aliphatic rings. The number of hydrogen-bond donors (Lipinski definition) is 0. The van der Waals surface area contributed by atoms with Crippen molar-refractivity contribution in [2.24, 2.45) is 0 Å². The number of benzene rings is 1. The van der Waals surface area contributed by atoms with Gasteiger partial charge in [0.15, 0.2) is 5.78 Å². The number of Topliss-reactive ketones (excluding diaryl/α,β-unsaturated/α-hetero) is 1. The summed E-state index contributed by atoms with van der Waals surface area (Å²) >= 11 is 0. The molecule has 28 heavy (non-hydrogen) atoms. The second-order valence-corrected chi connectivity index (χ2v) is 6.49. The minimum absolute atomic E-state index is 0.129. The molecule has 1 aliphatic carbocycles. The van der Waals surface area contributed by atoms with E-state index in [2.05, 4.69) is 13.2 Å². The molecule has 0 bridgehead atoms. The molecule has 7 nitrogen and oxygen atoms in total. The molecule has 0 saturated heterocycles. The lowest BCUT2D eigenvalue weighted by molar-refractivity contribution is -0.418. The number of allylic oxidation sites excluding steroid dienone is 3. The van der Waals surface area contributed by atoms with E-state index in [-0.39, 0.29) is 24.5 Å². The molecule has 0 spiro atoms. The number of carbonyl (C=O) groups is 2. The quantitative estimate of drug-likeness (QED) is 0.294. The molecule has 0 N–H and O–H groups in total. The van der Waals surface area contributed by atoms with Gasteiger partial charge >= 0.3 is 5.97 Å². The van der Waals surface area contributed by atoms with Gasteiger partial charge in [0.25, 0.3) is 5.70 Å². The van der Waals surface area contributed by atoms with Crippen LogP contribution in [0, 0.1) is 10.1 Å². The van der Waals surface area contributed by atoms with Crippen LogP contribution in [0.2, 0.25) is 0 Å². The molecule has 2 rings (SSSR count). The summed E-state index contributed by atoms with van der Waals surface area (Å²) in [5.74, 6) is -0.721. The van der Waals surface area contributed by atoms with Gasteiger partial charge in [-0.05, 0) is 49.1 Å². The fraction of sp³-hybridized carbons (Fsp3) is 0.333. The summed E-state index contributed by atoms with van der Waals surface area (Å²) in [5.41, 5.74) is 1.16. The Morgan fingerprint density at radius 2 is 2.07 bits per heavy atom. The second kappa shape index (κ2) is 8.75. The van der Waals surface area contributed by atoms with Gasteiger partial charge in [0.1, 0.15) is 5.60 Å². The number of esters is 1. The van der Waals surface area contributed by atoms with Crippen LogP contribution in [-0.4, -0.2) is 36.0 Å². The van der Waals surface area contributed by atoms with Gasteiger partial charge in [-0.1, -0.05) is 24.8 Å². The Morgan fingerprint density at radius 1 is 1.36 bits per heavy atom. The van der Waals surface area contributed by atoms with Gasteiger partial charge in [0, 0.05) is 18.7 Å². The first-order valence-electron chi connectivity index (χ1n) is 8.83. The summed E-state index contributed by atoms with van der Waals surface area (Å²) in [7, 11) is 1.42. The molecular formula is C21H23NO6. The van der Waals surface area contributed by atoms with E-state index >= 15 is 0 Å². The van der Waals surface area contributed by atoms with E-state index in [0.717, 1.165) is 11.1 Å². The first-order chi connectivity index (χ1) is 13.2. The van der Waals surface area contributed by atoms with Crippen LogP contribution >= 0.6 is 0 Å². The Morgan fingerprint density at radius 3 is 2.68 bits per heavy atom. The first-order valence-corrected chi connectivity index (χ1v) is 8.83. The number of ether oxygens (including phenoxy) is 2. The number of nitrogens with zero attached hydrogens (tertiary/aromatic N) is 1. The number of nitro groups is 1. The molecule has 0 aromatic heterocycles. The van der Waals surface area contributed by atoms with Crippen molar-refractivity contribution in [2.45, 2.75) is 31.8 Å². The third-order valence-corrected chi connectivity index (χ3v) is 4.77. The van der Waals surface area contributed by atoms with E-state index in [4.69, 9.17) is 9.47 Å². The summed E-state index contributed by atoms with van der Waals surface area (Å²) in [6, 6.07) is 5.22. The van der Waals surface area contributed by atoms with Crippen LogP contribution in [0.15, 0.2) is 49.2 Å². The highest BCUT2D eigenvalue weighted by Crippen LogP contribution is 2.35. The van der Waals surface area contributed by atoms with Gasteiger partial charge in [0.2, 0.25) is 0 Å². The van der Waals surface area contributed by atoms with E-state index in [1.807, 2.05) is 6.07 Å².